The summed E-state index contributed by atoms with van der Waals surface area (Å²) >= 11 is 1.61. The third kappa shape index (κ3) is 4.19. The average Bonchev–Trinajstić information content (AvgIpc) is 3.33. The van der Waals surface area contributed by atoms with Gasteiger partial charge in [0, 0.05) is 28.1 Å². The number of carbonyl (C=O) groups excluding carboxylic acids is 1. The van der Waals surface area contributed by atoms with Gasteiger partial charge in [-0.05, 0) is 42.0 Å². The normalized spacial score (nSPS) is 11.9. The van der Waals surface area contributed by atoms with Crippen LogP contribution in [-0.4, -0.2) is 25.0 Å². The molecule has 1 atom stereocenters. The van der Waals surface area contributed by atoms with Gasteiger partial charge in [-0.15, -0.1) is 11.8 Å². The van der Waals surface area contributed by atoms with E-state index in [1.807, 2.05) is 48.5 Å². The third-order valence-electron chi connectivity index (χ3n) is 4.81. The van der Waals surface area contributed by atoms with Gasteiger partial charge in [0.2, 0.25) is 0 Å². The molecule has 0 aliphatic heterocycles. The topological polar surface area (TPSA) is 61.6 Å². The number of ether oxygens (including phenoxy) is 2. The Bertz CT molecular complexity index is 1150. The van der Waals surface area contributed by atoms with Gasteiger partial charge in [-0.25, -0.2) is 0 Å². The van der Waals surface area contributed by atoms with E-state index in [-0.39, 0.29) is 17.5 Å². The molecule has 0 saturated carbocycles. The van der Waals surface area contributed by atoms with Crippen molar-refractivity contribution in [2.24, 2.45) is 0 Å². The van der Waals surface area contributed by atoms with Crippen molar-refractivity contribution < 1.29 is 18.7 Å². The van der Waals surface area contributed by atoms with E-state index in [1.165, 1.54) is 6.26 Å². The molecule has 0 aliphatic rings. The Kier molecular flexibility index (Phi) is 6.05. The fourth-order valence-electron chi connectivity index (χ4n) is 3.31. The highest BCUT2D eigenvalue weighted by Gasteiger charge is 2.22. The van der Waals surface area contributed by atoms with Gasteiger partial charge in [0.05, 0.1) is 26.0 Å². The van der Waals surface area contributed by atoms with Crippen LogP contribution in [0.1, 0.15) is 27.8 Å². The van der Waals surface area contributed by atoms with Crippen molar-refractivity contribution >= 4 is 28.4 Å². The van der Waals surface area contributed by atoms with Crippen molar-refractivity contribution in [3.63, 3.8) is 0 Å². The highest BCUT2D eigenvalue weighted by atomic mass is 32.2. The maximum absolute atomic E-state index is 12.8. The number of benzene rings is 2. The van der Waals surface area contributed by atoms with Crippen LogP contribution in [0.3, 0.4) is 0 Å². The lowest BCUT2D eigenvalue weighted by atomic mass is 10.1. The van der Waals surface area contributed by atoms with Crippen LogP contribution in [-0.2, 0) is 0 Å². The predicted molar refractivity (Wildman–Crippen MR) is 118 cm³/mol. The number of Topliss-reactive ketones (excluding diaryl/α,β-unsaturated/α-hetero) is 1. The van der Waals surface area contributed by atoms with Crippen molar-refractivity contribution in [1.29, 1.82) is 0 Å². The Labute approximate surface area is 179 Å². The molecular formula is C24H21NO4S. The van der Waals surface area contributed by atoms with E-state index in [2.05, 4.69) is 4.98 Å². The van der Waals surface area contributed by atoms with E-state index in [0.29, 0.717) is 17.3 Å². The lowest BCUT2D eigenvalue weighted by Crippen LogP contribution is -2.05. The SMILES string of the molecule is COc1ccc([C@H](CC(=O)c2ccco2)Sc2cccc3cccnc23)cc1OC. The number of thioether (sulfide) groups is 1. The maximum Gasteiger partial charge on any atom is 0.199 e. The molecule has 4 rings (SSSR count). The first-order chi connectivity index (χ1) is 14.7. The Morgan fingerprint density at radius 3 is 2.63 bits per heavy atom. The maximum atomic E-state index is 12.8. The zero-order chi connectivity index (χ0) is 20.9. The largest absolute Gasteiger partial charge is 0.493 e. The monoisotopic (exact) mass is 419 g/mol. The first-order valence-electron chi connectivity index (χ1n) is 9.48. The molecule has 0 aliphatic carbocycles. The number of aromatic nitrogens is 1. The van der Waals surface area contributed by atoms with Crippen molar-refractivity contribution in [2.75, 3.05) is 14.2 Å². The van der Waals surface area contributed by atoms with Gasteiger partial charge in [-0.2, -0.15) is 0 Å². The van der Waals surface area contributed by atoms with Crippen LogP contribution in [0.4, 0.5) is 0 Å². The summed E-state index contributed by atoms with van der Waals surface area (Å²) in [6.45, 7) is 0. The molecule has 0 spiro atoms. The fourth-order valence-corrected chi connectivity index (χ4v) is 4.57. The molecule has 152 valence electrons. The number of rotatable bonds is 8. The fraction of sp³-hybridized carbons (Fsp3) is 0.167. The van der Waals surface area contributed by atoms with E-state index in [1.54, 1.807) is 44.3 Å². The molecule has 2 aromatic carbocycles. The molecule has 0 bridgehead atoms. The van der Waals surface area contributed by atoms with E-state index in [0.717, 1.165) is 21.4 Å². The predicted octanol–water partition coefficient (Wildman–Crippen LogP) is 5.95. The molecule has 0 N–H and O–H groups in total. The van der Waals surface area contributed by atoms with Gasteiger partial charge < -0.3 is 13.9 Å². The number of nitrogens with zero attached hydrogens (tertiary/aromatic N) is 1. The van der Waals surface area contributed by atoms with Crippen LogP contribution < -0.4 is 9.47 Å². The number of methoxy groups -OCH3 is 2. The number of hydrogen-bond acceptors (Lipinski definition) is 6. The van der Waals surface area contributed by atoms with E-state index < -0.39 is 0 Å². The summed E-state index contributed by atoms with van der Waals surface area (Å²) in [5, 5.41) is 0.904. The highest BCUT2D eigenvalue weighted by Crippen LogP contribution is 2.43. The minimum absolute atomic E-state index is 0.0551. The molecular weight excluding hydrogens is 398 g/mol. The molecule has 0 unspecified atom stereocenters. The van der Waals surface area contributed by atoms with Gasteiger partial charge in [0.15, 0.2) is 23.0 Å². The molecule has 0 radical (unpaired) electrons. The van der Waals surface area contributed by atoms with Crippen molar-refractivity contribution in [1.82, 2.24) is 4.98 Å². The molecule has 0 amide bonds. The second kappa shape index (κ2) is 9.05. The van der Waals surface area contributed by atoms with Crippen LogP contribution in [0, 0.1) is 0 Å². The molecule has 2 aromatic heterocycles. The number of furan rings is 1. The van der Waals surface area contributed by atoms with E-state index in [4.69, 9.17) is 13.9 Å². The summed E-state index contributed by atoms with van der Waals surface area (Å²) in [6.07, 6.45) is 3.57. The number of hydrogen-bond donors (Lipinski definition) is 0. The smallest absolute Gasteiger partial charge is 0.199 e. The van der Waals surface area contributed by atoms with Gasteiger partial charge in [0.1, 0.15) is 0 Å². The number of fused-ring (bicyclic) bond motifs is 1. The molecule has 5 nitrogen and oxygen atoms in total. The van der Waals surface area contributed by atoms with Crippen LogP contribution in [0.25, 0.3) is 10.9 Å². The standard InChI is InChI=1S/C24H21NO4S/c1-27-20-11-10-17(14-21(20)28-2)23(15-18(26)19-8-5-13-29-19)30-22-9-3-6-16-7-4-12-25-24(16)22/h3-14,23H,15H2,1-2H3/t23-/m0/s1. The van der Waals surface area contributed by atoms with Crippen molar-refractivity contribution in [3.05, 3.63) is 84.4 Å². The summed E-state index contributed by atoms with van der Waals surface area (Å²) in [5.41, 5.74) is 1.88. The Morgan fingerprint density at radius 2 is 1.87 bits per heavy atom. The Balaban J connectivity index is 1.72. The molecule has 6 heteroatoms. The number of carbonyl (C=O) groups is 1. The zero-order valence-corrected chi connectivity index (χ0v) is 17.5. The van der Waals surface area contributed by atoms with Crippen molar-refractivity contribution in [3.8, 4) is 11.5 Å². The van der Waals surface area contributed by atoms with Gasteiger partial charge in [-0.3, -0.25) is 9.78 Å². The minimum Gasteiger partial charge on any atom is -0.493 e. The summed E-state index contributed by atoms with van der Waals surface area (Å²) < 4.78 is 16.2. The summed E-state index contributed by atoms with van der Waals surface area (Å²) in [7, 11) is 3.21. The van der Waals surface area contributed by atoms with Crippen LogP contribution in [0.15, 0.2) is 82.4 Å². The Morgan fingerprint density at radius 1 is 1.03 bits per heavy atom. The molecule has 0 fully saturated rings. The van der Waals surface area contributed by atoms with Crippen LogP contribution >= 0.6 is 11.8 Å². The zero-order valence-electron chi connectivity index (χ0n) is 16.7. The quantitative estimate of drug-likeness (QED) is 0.260. The van der Waals surface area contributed by atoms with Crippen molar-refractivity contribution in [2.45, 2.75) is 16.6 Å². The second-order valence-corrected chi connectivity index (χ2v) is 7.90. The molecule has 0 saturated heterocycles. The minimum atomic E-state index is -0.157. The van der Waals surface area contributed by atoms with Crippen LogP contribution in [0.2, 0.25) is 0 Å². The summed E-state index contributed by atoms with van der Waals surface area (Å²) in [6, 6.07) is 19.2. The van der Waals surface area contributed by atoms with Gasteiger partial charge in [-0.1, -0.05) is 24.3 Å². The second-order valence-electron chi connectivity index (χ2n) is 6.66. The van der Waals surface area contributed by atoms with Crippen LogP contribution in [0.5, 0.6) is 11.5 Å². The lowest BCUT2D eigenvalue weighted by molar-refractivity contribution is 0.0955. The first kappa shape index (κ1) is 20.0. The number of ketones is 1. The molecule has 2 heterocycles. The molecule has 4 aromatic rings. The lowest BCUT2D eigenvalue weighted by Gasteiger charge is -2.19. The van der Waals surface area contributed by atoms with Gasteiger partial charge >= 0.3 is 0 Å². The Hall–Kier alpha value is -3.25. The van der Waals surface area contributed by atoms with E-state index >= 15 is 0 Å². The average molecular weight is 420 g/mol. The summed E-state index contributed by atoms with van der Waals surface area (Å²) in [4.78, 5) is 18.4. The summed E-state index contributed by atoms with van der Waals surface area (Å²) in [5.74, 6) is 1.58. The first-order valence-corrected chi connectivity index (χ1v) is 10.4. The third-order valence-corrected chi connectivity index (χ3v) is 6.12. The highest BCUT2D eigenvalue weighted by molar-refractivity contribution is 7.99. The molecule has 30 heavy (non-hydrogen) atoms. The van der Waals surface area contributed by atoms with E-state index in [9.17, 15) is 4.79 Å². The number of para-hydroxylation sites is 1. The van der Waals surface area contributed by atoms with Gasteiger partial charge in [0.25, 0.3) is 0 Å². The number of pyridine rings is 1.